The van der Waals surface area contributed by atoms with Crippen molar-refractivity contribution in [2.24, 2.45) is 11.8 Å². The lowest BCUT2D eigenvalue weighted by Crippen LogP contribution is -2.50. The second kappa shape index (κ2) is 1.49. The third-order valence-electron chi connectivity index (χ3n) is 1.09. The smallest absolute Gasteiger partial charge is 0.0745 e. The van der Waals surface area contributed by atoms with Gasteiger partial charge in [-0.1, -0.05) is 0 Å². The third kappa shape index (κ3) is 0.710. The van der Waals surface area contributed by atoms with E-state index < -0.39 is 0 Å². The Bertz CT molecular complexity index is 98.0. The molecular formula is C4H7N3. The molecule has 0 atom stereocenters. The van der Waals surface area contributed by atoms with Crippen LogP contribution >= 0.6 is 0 Å². The van der Waals surface area contributed by atoms with Gasteiger partial charge in [0.1, 0.15) is 0 Å². The van der Waals surface area contributed by atoms with E-state index in [2.05, 4.69) is 6.07 Å². The number of nitrogens with two attached hydrogens (primary N) is 1. The number of nitriles is 1. The molecule has 1 heterocycles. The van der Waals surface area contributed by atoms with Crippen molar-refractivity contribution in [3.05, 3.63) is 0 Å². The molecule has 38 valence electrons. The number of hydrogen-bond acceptors (Lipinski definition) is 3. The number of nitrogens with zero attached hydrogens (tertiary/aromatic N) is 2. The maximum Gasteiger partial charge on any atom is 0.0745 e. The highest BCUT2D eigenvalue weighted by atomic mass is 15.4. The first-order valence-corrected chi connectivity index (χ1v) is 2.22. The summed E-state index contributed by atoms with van der Waals surface area (Å²) in [5.41, 5.74) is 0. The van der Waals surface area contributed by atoms with Crippen LogP contribution in [0.25, 0.3) is 0 Å². The zero-order valence-electron chi connectivity index (χ0n) is 3.96. The molecule has 2 N–H and O–H groups in total. The monoisotopic (exact) mass is 97.1 g/mol. The molecule has 0 unspecified atom stereocenters. The number of hydrogen-bond donors (Lipinski definition) is 1. The van der Waals surface area contributed by atoms with Gasteiger partial charge in [0, 0.05) is 13.1 Å². The maximum absolute atomic E-state index is 8.17. The summed E-state index contributed by atoms with van der Waals surface area (Å²) in [5.74, 6) is 5.43. The van der Waals surface area contributed by atoms with Gasteiger partial charge in [-0.25, -0.2) is 5.01 Å². The highest BCUT2D eigenvalue weighted by Gasteiger charge is 2.22. The van der Waals surface area contributed by atoms with Crippen molar-refractivity contribution in [2.75, 3.05) is 13.1 Å². The van der Waals surface area contributed by atoms with Crippen LogP contribution in [0, 0.1) is 17.2 Å². The van der Waals surface area contributed by atoms with Gasteiger partial charge in [0.15, 0.2) is 0 Å². The summed E-state index contributed by atoms with van der Waals surface area (Å²) in [6.07, 6.45) is 0. The van der Waals surface area contributed by atoms with Crippen LogP contribution in [-0.4, -0.2) is 18.1 Å². The normalized spacial score (nSPS) is 23.4. The van der Waals surface area contributed by atoms with Crippen molar-refractivity contribution in [1.29, 1.82) is 5.26 Å². The van der Waals surface area contributed by atoms with Gasteiger partial charge in [-0.3, -0.25) is 5.84 Å². The molecule has 3 heteroatoms. The zero-order valence-corrected chi connectivity index (χ0v) is 3.96. The Morgan fingerprint density at radius 3 is 2.43 bits per heavy atom. The summed E-state index contributed by atoms with van der Waals surface area (Å²) in [6.45, 7) is 1.49. The van der Waals surface area contributed by atoms with Crippen molar-refractivity contribution in [3.63, 3.8) is 0 Å². The predicted octanol–water partition coefficient (Wildman–Crippen LogP) is -0.685. The largest absolute Gasteiger partial charge is 0.269 e. The molecule has 7 heavy (non-hydrogen) atoms. The van der Waals surface area contributed by atoms with E-state index in [4.69, 9.17) is 11.1 Å². The molecule has 0 saturated carbocycles. The van der Waals surface area contributed by atoms with Crippen LogP contribution in [0.15, 0.2) is 0 Å². The Kier molecular flexibility index (Phi) is 0.970. The molecule has 0 aromatic rings. The first-order valence-electron chi connectivity index (χ1n) is 2.22. The number of rotatable bonds is 0. The highest BCUT2D eigenvalue weighted by Crippen LogP contribution is 2.07. The lowest BCUT2D eigenvalue weighted by Gasteiger charge is -2.29. The molecule has 0 amide bonds. The highest BCUT2D eigenvalue weighted by molar-refractivity contribution is 4.92. The summed E-state index contributed by atoms with van der Waals surface area (Å²) in [6, 6.07) is 2.11. The first kappa shape index (κ1) is 4.57. The lowest BCUT2D eigenvalue weighted by atomic mass is 10.1. The maximum atomic E-state index is 8.17. The van der Waals surface area contributed by atoms with Crippen LogP contribution < -0.4 is 5.84 Å². The predicted molar refractivity (Wildman–Crippen MR) is 24.9 cm³/mol. The minimum atomic E-state index is 0.199. The van der Waals surface area contributed by atoms with Crippen LogP contribution in [0.3, 0.4) is 0 Å². The van der Waals surface area contributed by atoms with Gasteiger partial charge < -0.3 is 0 Å². The van der Waals surface area contributed by atoms with E-state index in [0.717, 1.165) is 13.1 Å². The second-order valence-corrected chi connectivity index (χ2v) is 1.78. The van der Waals surface area contributed by atoms with Gasteiger partial charge in [0.2, 0.25) is 0 Å². The average molecular weight is 97.1 g/mol. The molecule has 3 nitrogen and oxygen atoms in total. The van der Waals surface area contributed by atoms with Crippen molar-refractivity contribution < 1.29 is 0 Å². The molecule has 0 radical (unpaired) electrons. The Hall–Kier alpha value is -0.590. The van der Waals surface area contributed by atoms with Gasteiger partial charge in [-0.05, 0) is 0 Å². The van der Waals surface area contributed by atoms with Gasteiger partial charge in [-0.2, -0.15) is 5.26 Å². The van der Waals surface area contributed by atoms with Crippen molar-refractivity contribution >= 4 is 0 Å². The summed E-state index contributed by atoms with van der Waals surface area (Å²) in [5, 5.41) is 9.80. The van der Waals surface area contributed by atoms with E-state index in [1.807, 2.05) is 0 Å². The van der Waals surface area contributed by atoms with Crippen LogP contribution in [0.2, 0.25) is 0 Å². The zero-order chi connectivity index (χ0) is 5.28. The topological polar surface area (TPSA) is 53.0 Å². The van der Waals surface area contributed by atoms with Gasteiger partial charge in [0.25, 0.3) is 0 Å². The SMILES string of the molecule is N#CC1CN(N)C1. The number of hydrazine groups is 1. The van der Waals surface area contributed by atoms with E-state index >= 15 is 0 Å². The van der Waals surface area contributed by atoms with E-state index in [1.165, 1.54) is 0 Å². The third-order valence-corrected chi connectivity index (χ3v) is 1.09. The van der Waals surface area contributed by atoms with Crippen LogP contribution in [0.4, 0.5) is 0 Å². The molecule has 1 aliphatic heterocycles. The first-order chi connectivity index (χ1) is 3.33. The summed E-state index contributed by atoms with van der Waals surface area (Å²) in [4.78, 5) is 0. The lowest BCUT2D eigenvalue weighted by molar-refractivity contribution is 0.138. The Morgan fingerprint density at radius 2 is 2.29 bits per heavy atom. The summed E-state index contributed by atoms with van der Waals surface area (Å²) >= 11 is 0. The van der Waals surface area contributed by atoms with Crippen LogP contribution in [0.1, 0.15) is 0 Å². The van der Waals surface area contributed by atoms with Crippen molar-refractivity contribution in [1.82, 2.24) is 5.01 Å². The van der Waals surface area contributed by atoms with Crippen molar-refractivity contribution in [2.45, 2.75) is 0 Å². The van der Waals surface area contributed by atoms with Crippen molar-refractivity contribution in [3.8, 4) is 6.07 Å². The van der Waals surface area contributed by atoms with E-state index in [0.29, 0.717) is 0 Å². The fourth-order valence-corrected chi connectivity index (χ4v) is 0.594. The van der Waals surface area contributed by atoms with E-state index in [-0.39, 0.29) is 5.92 Å². The van der Waals surface area contributed by atoms with Gasteiger partial charge in [0.05, 0.1) is 12.0 Å². The Balaban J connectivity index is 2.21. The van der Waals surface area contributed by atoms with Crippen LogP contribution in [0.5, 0.6) is 0 Å². The summed E-state index contributed by atoms with van der Waals surface area (Å²) < 4.78 is 0. The quantitative estimate of drug-likeness (QED) is 0.407. The standard InChI is InChI=1S/C4H7N3/c5-1-4-2-7(6)3-4/h4H,2-3,6H2. The fourth-order valence-electron chi connectivity index (χ4n) is 0.594. The molecule has 0 spiro atoms. The van der Waals surface area contributed by atoms with E-state index in [9.17, 15) is 0 Å². The minimum Gasteiger partial charge on any atom is -0.269 e. The molecule has 0 bridgehead atoms. The molecule has 1 aliphatic rings. The Morgan fingerprint density at radius 1 is 1.71 bits per heavy atom. The molecule has 0 aliphatic carbocycles. The molecule has 1 rings (SSSR count). The van der Waals surface area contributed by atoms with E-state index in [1.54, 1.807) is 5.01 Å². The fraction of sp³-hybridized carbons (Fsp3) is 0.750. The summed E-state index contributed by atoms with van der Waals surface area (Å²) in [7, 11) is 0. The second-order valence-electron chi connectivity index (χ2n) is 1.78. The molecule has 1 fully saturated rings. The van der Waals surface area contributed by atoms with Gasteiger partial charge in [-0.15, -0.1) is 0 Å². The molecule has 1 saturated heterocycles. The van der Waals surface area contributed by atoms with Crippen LogP contribution in [-0.2, 0) is 0 Å². The molecular weight excluding hydrogens is 90.1 g/mol. The van der Waals surface area contributed by atoms with Gasteiger partial charge >= 0.3 is 0 Å². The minimum absolute atomic E-state index is 0.199. The molecule has 0 aromatic carbocycles. The average Bonchev–Trinajstić information content (AvgIpc) is 1.58. The molecule has 0 aromatic heterocycles. The Labute approximate surface area is 42.3 Å².